The molecular formula is C10H8ClF3O2. The molecule has 1 aromatic carbocycles. The van der Waals surface area contributed by atoms with Crippen LogP contribution in [0.2, 0.25) is 5.02 Å². The van der Waals surface area contributed by atoms with Crippen LogP contribution in [-0.2, 0) is 0 Å². The number of aldehydes is 1. The van der Waals surface area contributed by atoms with Gasteiger partial charge in [0.2, 0.25) is 0 Å². The van der Waals surface area contributed by atoms with E-state index in [1.165, 1.54) is 18.2 Å². The highest BCUT2D eigenvalue weighted by Gasteiger charge is 2.26. The maximum Gasteiger partial charge on any atom is 0.392 e. The molecule has 88 valence electrons. The highest BCUT2D eigenvalue weighted by molar-refractivity contribution is 6.30. The molecule has 0 aliphatic rings. The predicted molar refractivity (Wildman–Crippen MR) is 53.0 cm³/mol. The van der Waals surface area contributed by atoms with Gasteiger partial charge >= 0.3 is 6.18 Å². The molecule has 0 saturated carbocycles. The number of alkyl halides is 3. The van der Waals surface area contributed by atoms with E-state index in [1.807, 2.05) is 0 Å². The van der Waals surface area contributed by atoms with Crippen LogP contribution in [0.1, 0.15) is 16.8 Å². The second-order valence-corrected chi connectivity index (χ2v) is 3.45. The van der Waals surface area contributed by atoms with Crippen molar-refractivity contribution in [2.45, 2.75) is 12.6 Å². The quantitative estimate of drug-likeness (QED) is 0.767. The summed E-state index contributed by atoms with van der Waals surface area (Å²) in [6.07, 6.45) is -4.85. The highest BCUT2D eigenvalue weighted by Crippen LogP contribution is 2.24. The number of rotatable bonds is 4. The average molecular weight is 253 g/mol. The molecule has 1 aromatic rings. The molecule has 0 aliphatic carbocycles. The topological polar surface area (TPSA) is 26.3 Å². The molecule has 6 heteroatoms. The SMILES string of the molecule is O=Cc1ccc(Cl)cc1OCCC(F)(F)F. The smallest absolute Gasteiger partial charge is 0.392 e. The Labute approximate surface area is 95.0 Å². The van der Waals surface area contributed by atoms with Gasteiger partial charge < -0.3 is 4.74 Å². The largest absolute Gasteiger partial charge is 0.492 e. The van der Waals surface area contributed by atoms with Gasteiger partial charge in [0.1, 0.15) is 5.75 Å². The molecule has 16 heavy (non-hydrogen) atoms. The Bertz CT molecular complexity index is 377. The zero-order chi connectivity index (χ0) is 12.2. The number of hydrogen-bond donors (Lipinski definition) is 0. The van der Waals surface area contributed by atoms with Gasteiger partial charge in [0.05, 0.1) is 18.6 Å². The minimum Gasteiger partial charge on any atom is -0.492 e. The van der Waals surface area contributed by atoms with Crippen LogP contribution in [0.5, 0.6) is 5.75 Å². The Morgan fingerprint density at radius 3 is 2.62 bits per heavy atom. The van der Waals surface area contributed by atoms with Crippen molar-refractivity contribution in [1.82, 2.24) is 0 Å². The van der Waals surface area contributed by atoms with Crippen LogP contribution in [0.4, 0.5) is 13.2 Å². The lowest BCUT2D eigenvalue weighted by Crippen LogP contribution is -2.13. The molecule has 0 amide bonds. The van der Waals surface area contributed by atoms with Crippen LogP contribution in [-0.4, -0.2) is 19.1 Å². The summed E-state index contributed by atoms with van der Waals surface area (Å²) in [6, 6.07) is 4.15. The molecule has 0 N–H and O–H groups in total. The summed E-state index contributed by atoms with van der Waals surface area (Å²) in [6.45, 7) is -0.537. The summed E-state index contributed by atoms with van der Waals surface area (Å²) in [7, 11) is 0. The van der Waals surface area contributed by atoms with Gasteiger partial charge in [-0.2, -0.15) is 13.2 Å². The second kappa shape index (κ2) is 5.21. The lowest BCUT2D eigenvalue weighted by Gasteiger charge is -2.10. The average Bonchev–Trinajstić information content (AvgIpc) is 2.16. The van der Waals surface area contributed by atoms with E-state index in [9.17, 15) is 18.0 Å². The van der Waals surface area contributed by atoms with E-state index in [-0.39, 0.29) is 11.3 Å². The minimum absolute atomic E-state index is 0.0618. The van der Waals surface area contributed by atoms with E-state index in [4.69, 9.17) is 16.3 Å². The van der Waals surface area contributed by atoms with Crippen LogP contribution in [0.15, 0.2) is 18.2 Å². The summed E-state index contributed by atoms with van der Waals surface area (Å²) in [5.74, 6) is 0.0618. The summed E-state index contributed by atoms with van der Waals surface area (Å²) in [5.41, 5.74) is 0.173. The fourth-order valence-corrected chi connectivity index (χ4v) is 1.17. The molecular weight excluding hydrogens is 245 g/mol. The summed E-state index contributed by atoms with van der Waals surface area (Å²) >= 11 is 5.62. The Morgan fingerprint density at radius 1 is 1.38 bits per heavy atom. The molecule has 0 unspecified atom stereocenters. The number of hydrogen-bond acceptors (Lipinski definition) is 2. The zero-order valence-corrected chi connectivity index (χ0v) is 8.81. The molecule has 0 atom stereocenters. The van der Waals surface area contributed by atoms with Crippen LogP contribution in [0, 0.1) is 0 Å². The summed E-state index contributed by atoms with van der Waals surface area (Å²) in [5, 5.41) is 0.299. The monoisotopic (exact) mass is 252 g/mol. The van der Waals surface area contributed by atoms with E-state index >= 15 is 0 Å². The number of benzene rings is 1. The van der Waals surface area contributed by atoms with E-state index < -0.39 is 19.2 Å². The van der Waals surface area contributed by atoms with Gasteiger partial charge in [0.15, 0.2) is 6.29 Å². The van der Waals surface area contributed by atoms with Gasteiger partial charge in [-0.25, -0.2) is 0 Å². The van der Waals surface area contributed by atoms with Gasteiger partial charge in [0.25, 0.3) is 0 Å². The van der Waals surface area contributed by atoms with Crippen molar-refractivity contribution in [3.8, 4) is 5.75 Å². The minimum atomic E-state index is -4.28. The Morgan fingerprint density at radius 2 is 2.06 bits per heavy atom. The molecule has 0 aromatic heterocycles. The van der Waals surface area contributed by atoms with E-state index in [0.29, 0.717) is 11.3 Å². The first kappa shape index (κ1) is 12.8. The van der Waals surface area contributed by atoms with E-state index in [0.717, 1.165) is 0 Å². The van der Waals surface area contributed by atoms with Crippen molar-refractivity contribution in [1.29, 1.82) is 0 Å². The van der Waals surface area contributed by atoms with Gasteiger partial charge in [0, 0.05) is 5.02 Å². The number of carbonyl (C=O) groups is 1. The standard InChI is InChI=1S/C10H8ClF3O2/c11-8-2-1-7(6-15)9(5-8)16-4-3-10(12,13)14/h1-2,5-6H,3-4H2. The number of carbonyl (C=O) groups excluding carboxylic acids is 1. The van der Waals surface area contributed by atoms with Crippen LogP contribution in [0.3, 0.4) is 0 Å². The first-order chi connectivity index (χ1) is 7.42. The first-order valence-electron chi connectivity index (χ1n) is 4.36. The molecule has 0 bridgehead atoms. The lowest BCUT2D eigenvalue weighted by atomic mass is 10.2. The van der Waals surface area contributed by atoms with Gasteiger partial charge in [-0.1, -0.05) is 11.6 Å². The van der Waals surface area contributed by atoms with Gasteiger partial charge in [-0.15, -0.1) is 0 Å². The third kappa shape index (κ3) is 4.10. The Kier molecular flexibility index (Phi) is 4.18. The van der Waals surface area contributed by atoms with Crippen molar-refractivity contribution in [2.75, 3.05) is 6.61 Å². The molecule has 0 heterocycles. The van der Waals surface area contributed by atoms with Gasteiger partial charge in [-0.3, -0.25) is 4.79 Å². The van der Waals surface area contributed by atoms with Crippen LogP contribution >= 0.6 is 11.6 Å². The zero-order valence-electron chi connectivity index (χ0n) is 8.05. The third-order valence-corrected chi connectivity index (χ3v) is 1.98. The molecule has 0 spiro atoms. The van der Waals surface area contributed by atoms with Crippen molar-refractivity contribution in [2.24, 2.45) is 0 Å². The maximum absolute atomic E-state index is 11.8. The van der Waals surface area contributed by atoms with Crippen molar-refractivity contribution in [3.63, 3.8) is 0 Å². The Hall–Kier alpha value is -1.23. The molecule has 0 aliphatic heterocycles. The molecule has 2 nitrogen and oxygen atoms in total. The number of ether oxygens (including phenoxy) is 1. The molecule has 1 rings (SSSR count). The third-order valence-electron chi connectivity index (χ3n) is 1.75. The Balaban J connectivity index is 2.65. The van der Waals surface area contributed by atoms with Crippen LogP contribution < -0.4 is 4.74 Å². The fraction of sp³-hybridized carbons (Fsp3) is 0.300. The fourth-order valence-electron chi connectivity index (χ4n) is 1.01. The summed E-state index contributed by atoms with van der Waals surface area (Å²) in [4.78, 5) is 10.6. The predicted octanol–water partition coefficient (Wildman–Crippen LogP) is 3.48. The normalized spacial score (nSPS) is 11.2. The molecule has 0 radical (unpaired) electrons. The highest BCUT2D eigenvalue weighted by atomic mass is 35.5. The van der Waals surface area contributed by atoms with Gasteiger partial charge in [-0.05, 0) is 18.2 Å². The second-order valence-electron chi connectivity index (χ2n) is 3.01. The summed E-state index contributed by atoms with van der Waals surface area (Å²) < 4.78 is 40.4. The first-order valence-corrected chi connectivity index (χ1v) is 4.74. The maximum atomic E-state index is 11.8. The number of halogens is 4. The van der Waals surface area contributed by atoms with Crippen LogP contribution in [0.25, 0.3) is 0 Å². The van der Waals surface area contributed by atoms with E-state index in [1.54, 1.807) is 0 Å². The van der Waals surface area contributed by atoms with Crippen molar-refractivity contribution < 1.29 is 22.7 Å². The molecule has 0 fully saturated rings. The van der Waals surface area contributed by atoms with Crippen molar-refractivity contribution in [3.05, 3.63) is 28.8 Å². The van der Waals surface area contributed by atoms with Crippen molar-refractivity contribution >= 4 is 17.9 Å². The lowest BCUT2D eigenvalue weighted by molar-refractivity contribution is -0.139. The van der Waals surface area contributed by atoms with E-state index in [2.05, 4.69) is 0 Å². The molecule has 0 saturated heterocycles.